The summed E-state index contributed by atoms with van der Waals surface area (Å²) in [6.07, 6.45) is -0.00442. The molecule has 2 aliphatic heterocycles. The van der Waals surface area contributed by atoms with E-state index in [4.69, 9.17) is 0 Å². The van der Waals surface area contributed by atoms with Crippen LogP contribution in [0.25, 0.3) is 0 Å². The maximum absolute atomic E-state index is 12.0. The molecule has 7 heteroatoms. The average Bonchev–Trinajstić information content (AvgIpc) is 2.19. The van der Waals surface area contributed by atoms with Crippen molar-refractivity contribution in [2.75, 3.05) is 0 Å². The molecule has 1 amide bonds. The fourth-order valence-electron chi connectivity index (χ4n) is 2.35. The molecule has 0 radical (unpaired) electrons. The number of hydrogen-bond donors (Lipinski definition) is 0. The van der Waals surface area contributed by atoms with Crippen LogP contribution < -0.4 is 0 Å². The minimum absolute atomic E-state index is 0. The first-order chi connectivity index (χ1) is 6.71. The molecule has 5 nitrogen and oxygen atoms in total. The van der Waals surface area contributed by atoms with Gasteiger partial charge in [-0.05, 0) is 13.8 Å². The molecule has 0 N–H and O–H groups in total. The minimum Gasteiger partial charge on any atom is -0.337 e. The third-order valence-corrected chi connectivity index (χ3v) is 6.08. The molecule has 1 unspecified atom stereocenters. The van der Waals surface area contributed by atoms with Crippen molar-refractivity contribution >= 4 is 21.5 Å². The molecule has 2 saturated heterocycles. The zero-order valence-corrected chi connectivity index (χ0v) is 12.7. The molecule has 2 fully saturated rings. The van der Waals surface area contributed by atoms with Crippen molar-refractivity contribution in [3.8, 4) is 0 Å². The van der Waals surface area contributed by atoms with Crippen LogP contribution >= 0.6 is 0 Å². The summed E-state index contributed by atoms with van der Waals surface area (Å²) in [5.74, 6) is -0.796. The number of amides is 1. The molecular formula is C9H12NO4SW-. The number of fused-ring (bicyclic) bond motifs is 1. The van der Waals surface area contributed by atoms with Gasteiger partial charge in [-0.25, -0.2) is 8.42 Å². The molecule has 0 aliphatic carbocycles. The Morgan fingerprint density at radius 3 is 2.31 bits per heavy atom. The summed E-state index contributed by atoms with van der Waals surface area (Å²) >= 11 is 0. The Kier molecular flexibility index (Phi) is 3.06. The van der Waals surface area contributed by atoms with Crippen molar-refractivity contribution in [2.24, 2.45) is 0 Å². The summed E-state index contributed by atoms with van der Waals surface area (Å²) in [4.78, 5) is 23.8. The van der Waals surface area contributed by atoms with Crippen LogP contribution in [-0.4, -0.2) is 41.2 Å². The summed E-state index contributed by atoms with van der Waals surface area (Å²) in [6.45, 7) is 6.19. The maximum atomic E-state index is 12.0. The van der Waals surface area contributed by atoms with Crippen molar-refractivity contribution in [1.82, 2.24) is 4.90 Å². The molecule has 90 valence electrons. The molecular weight excluding hydrogens is 402 g/mol. The number of rotatable bonds is 1. The fourth-order valence-corrected chi connectivity index (χ4v) is 4.51. The van der Waals surface area contributed by atoms with Gasteiger partial charge in [0.05, 0.1) is 17.2 Å². The first-order valence-corrected chi connectivity index (χ1v) is 6.16. The van der Waals surface area contributed by atoms with Gasteiger partial charge in [-0.2, -0.15) is 0 Å². The van der Waals surface area contributed by atoms with Gasteiger partial charge < -0.3 is 16.6 Å². The van der Waals surface area contributed by atoms with Crippen LogP contribution in [0.4, 0.5) is 0 Å². The van der Waals surface area contributed by atoms with Crippen molar-refractivity contribution in [3.63, 3.8) is 0 Å². The van der Waals surface area contributed by atoms with Crippen LogP contribution in [-0.2, 0) is 40.5 Å². The zero-order chi connectivity index (χ0) is 11.6. The van der Waals surface area contributed by atoms with E-state index >= 15 is 0 Å². The van der Waals surface area contributed by atoms with Gasteiger partial charge >= 0.3 is 0 Å². The second kappa shape index (κ2) is 3.57. The number of carbonyl (C=O) groups is 2. The first-order valence-electron chi connectivity index (χ1n) is 4.61. The fraction of sp³-hybridized carbons (Fsp3) is 0.667. The summed E-state index contributed by atoms with van der Waals surface area (Å²) in [5.41, 5.74) is 0. The second-order valence-electron chi connectivity index (χ2n) is 4.48. The van der Waals surface area contributed by atoms with Gasteiger partial charge in [-0.15, -0.1) is 0 Å². The first kappa shape index (κ1) is 13.7. The summed E-state index contributed by atoms with van der Waals surface area (Å²) in [6, 6.07) is -0.922. The monoisotopic (exact) mass is 414 g/mol. The Morgan fingerprint density at radius 2 is 2.00 bits per heavy atom. The van der Waals surface area contributed by atoms with Gasteiger partial charge in [0.1, 0.15) is 5.37 Å². The van der Waals surface area contributed by atoms with Gasteiger partial charge in [-0.1, -0.05) is 0 Å². The van der Waals surface area contributed by atoms with Gasteiger partial charge in [0.25, 0.3) is 0 Å². The van der Waals surface area contributed by atoms with E-state index in [0.29, 0.717) is 0 Å². The van der Waals surface area contributed by atoms with Crippen molar-refractivity contribution in [3.05, 3.63) is 6.92 Å². The van der Waals surface area contributed by atoms with Crippen molar-refractivity contribution in [1.29, 1.82) is 0 Å². The van der Waals surface area contributed by atoms with Crippen LogP contribution in [0.3, 0.4) is 0 Å². The Labute approximate surface area is 109 Å². The van der Waals surface area contributed by atoms with Crippen LogP contribution in [0.2, 0.25) is 0 Å². The Bertz CT molecular complexity index is 456. The quantitative estimate of drug-likeness (QED) is 0.430. The Balaban J connectivity index is 0.00000128. The number of Topliss-reactive ketones (excluding diaryl/α,β-unsaturated/α-hetero) is 1. The molecule has 0 spiro atoms. The maximum Gasteiger partial charge on any atom is 0.227 e. The van der Waals surface area contributed by atoms with E-state index in [-0.39, 0.29) is 33.4 Å². The van der Waals surface area contributed by atoms with Gasteiger partial charge in [0, 0.05) is 26.8 Å². The number of hydrogen-bond acceptors (Lipinski definition) is 4. The van der Waals surface area contributed by atoms with E-state index in [2.05, 4.69) is 6.92 Å². The van der Waals surface area contributed by atoms with E-state index in [1.165, 1.54) is 13.8 Å². The molecule has 0 aromatic rings. The van der Waals surface area contributed by atoms with E-state index in [9.17, 15) is 18.0 Å². The molecule has 0 aromatic carbocycles. The van der Waals surface area contributed by atoms with E-state index in [1.807, 2.05) is 0 Å². The van der Waals surface area contributed by atoms with Crippen molar-refractivity contribution < 1.29 is 39.1 Å². The SMILES string of the molecule is [CH2-]C(=O)C1N2C(=O)C[C@H]2S(=O)(=O)C1(C)C.[W]. The van der Waals surface area contributed by atoms with E-state index in [0.717, 1.165) is 4.90 Å². The van der Waals surface area contributed by atoms with E-state index in [1.54, 1.807) is 0 Å². The number of β-lactam (4-membered cyclic amide) rings is 1. The predicted molar refractivity (Wildman–Crippen MR) is 52.4 cm³/mol. The van der Waals surface area contributed by atoms with Crippen LogP contribution in [0.5, 0.6) is 0 Å². The molecule has 2 atom stereocenters. The summed E-state index contributed by atoms with van der Waals surface area (Å²) in [7, 11) is -3.45. The van der Waals surface area contributed by atoms with Crippen molar-refractivity contribution in [2.45, 2.75) is 36.4 Å². The smallest absolute Gasteiger partial charge is 0.227 e. The minimum atomic E-state index is -3.45. The molecule has 2 aliphatic rings. The van der Waals surface area contributed by atoms with Crippen LogP contribution in [0.1, 0.15) is 20.3 Å². The third-order valence-electron chi connectivity index (χ3n) is 3.28. The topological polar surface area (TPSA) is 71.5 Å². The molecule has 2 rings (SSSR count). The van der Waals surface area contributed by atoms with Gasteiger partial charge in [-0.3, -0.25) is 4.79 Å². The van der Waals surface area contributed by atoms with Gasteiger partial charge in [0.2, 0.25) is 5.91 Å². The molecule has 0 saturated carbocycles. The Hall–Kier alpha value is -0.352. The number of carbonyl (C=O) groups excluding carboxylic acids is 2. The zero-order valence-electron chi connectivity index (χ0n) is 8.97. The second-order valence-corrected chi connectivity index (χ2v) is 7.16. The van der Waals surface area contributed by atoms with Gasteiger partial charge in [0.15, 0.2) is 9.84 Å². The predicted octanol–water partition coefficient (Wildman–Crippen LogP) is -0.479. The number of nitrogens with zero attached hydrogens (tertiary/aromatic N) is 1. The van der Waals surface area contributed by atoms with Crippen LogP contribution in [0, 0.1) is 6.92 Å². The Morgan fingerprint density at radius 1 is 1.50 bits per heavy atom. The number of ketones is 1. The number of sulfone groups is 1. The molecule has 2 heterocycles. The third kappa shape index (κ3) is 1.32. The standard InChI is InChI=1S/C9H12NO4S.W/c1-5(11)8-9(2,3)15(13,14)7-4-6(12)10(7)8;/h7-8H,1,4H2,2-3H3;/q-1;/t7-,8?;/m1./s1. The van der Waals surface area contributed by atoms with E-state index < -0.39 is 31.8 Å². The molecule has 0 bridgehead atoms. The molecule has 16 heavy (non-hydrogen) atoms. The largest absolute Gasteiger partial charge is 0.337 e. The molecule has 0 aromatic heterocycles. The summed E-state index contributed by atoms with van der Waals surface area (Å²) < 4.78 is 22.7. The summed E-state index contributed by atoms with van der Waals surface area (Å²) in [5, 5.41) is -0.810. The van der Waals surface area contributed by atoms with Crippen LogP contribution in [0.15, 0.2) is 0 Å². The normalized spacial score (nSPS) is 33.6. The average molecular weight is 414 g/mol.